The number of ether oxygens (including phenoxy) is 3. The molecule has 0 spiro atoms. The third-order valence-corrected chi connectivity index (χ3v) is 7.39. The largest absolute Gasteiger partial charge is 0.457 e. The quantitative estimate of drug-likeness (QED) is 0.145. The van der Waals surface area contributed by atoms with Crippen molar-refractivity contribution in [2.75, 3.05) is 19.8 Å². The number of rotatable bonds is 15. The Morgan fingerprint density at radius 2 is 1.65 bits per heavy atom. The predicted octanol–water partition coefficient (Wildman–Crippen LogP) is 7.06. The lowest BCUT2D eigenvalue weighted by Crippen LogP contribution is -2.28. The van der Waals surface area contributed by atoms with Gasteiger partial charge in [-0.05, 0) is 56.2 Å². The lowest BCUT2D eigenvalue weighted by molar-refractivity contribution is -0.138. The third kappa shape index (κ3) is 9.25. The van der Waals surface area contributed by atoms with Crippen molar-refractivity contribution < 1.29 is 32.6 Å². The van der Waals surface area contributed by atoms with Crippen molar-refractivity contribution in [3.63, 3.8) is 0 Å². The molecule has 4 rings (SSSR count). The maximum Gasteiger partial charge on any atom is 0.261 e. The van der Waals surface area contributed by atoms with Gasteiger partial charge in [0.25, 0.3) is 5.91 Å². The second kappa shape index (κ2) is 15.5. The molecule has 4 aromatic rings. The van der Waals surface area contributed by atoms with Crippen molar-refractivity contribution in [1.82, 2.24) is 10.3 Å². The molecular weight excluding hydrogens is 574 g/mol. The van der Waals surface area contributed by atoms with Gasteiger partial charge in [0, 0.05) is 68.3 Å². The molecule has 10 heteroatoms. The number of ketones is 1. The molecule has 0 atom stereocenters. The van der Waals surface area contributed by atoms with Gasteiger partial charge in [0.2, 0.25) is 0 Å². The van der Waals surface area contributed by atoms with E-state index in [1.165, 1.54) is 29.5 Å². The first-order valence-corrected chi connectivity index (χ1v) is 14.9. The molecule has 2 heterocycles. The Hall–Kier alpha value is -3.99. The molecule has 0 saturated heterocycles. The van der Waals surface area contributed by atoms with Gasteiger partial charge in [-0.3, -0.25) is 14.6 Å². The van der Waals surface area contributed by atoms with Crippen molar-refractivity contribution in [2.45, 2.75) is 46.3 Å². The van der Waals surface area contributed by atoms with Crippen LogP contribution >= 0.6 is 11.3 Å². The molecular formula is C33H34F2N2O5S. The lowest BCUT2D eigenvalue weighted by atomic mass is 10.0. The zero-order valence-corrected chi connectivity index (χ0v) is 25.1. The van der Waals surface area contributed by atoms with Crippen molar-refractivity contribution in [3.8, 4) is 22.8 Å². The van der Waals surface area contributed by atoms with Crippen LogP contribution in [0.5, 0.6) is 11.5 Å². The van der Waals surface area contributed by atoms with E-state index in [4.69, 9.17) is 14.2 Å². The van der Waals surface area contributed by atoms with Gasteiger partial charge in [-0.1, -0.05) is 23.8 Å². The number of amides is 1. The zero-order chi connectivity index (χ0) is 30.8. The third-order valence-electron chi connectivity index (χ3n) is 6.46. The fraction of sp³-hybridized carbons (Fsp3) is 0.303. The van der Waals surface area contributed by atoms with Gasteiger partial charge in [0.05, 0.1) is 10.6 Å². The van der Waals surface area contributed by atoms with E-state index in [2.05, 4.69) is 10.3 Å². The van der Waals surface area contributed by atoms with Gasteiger partial charge in [-0.25, -0.2) is 8.78 Å². The van der Waals surface area contributed by atoms with Gasteiger partial charge >= 0.3 is 0 Å². The van der Waals surface area contributed by atoms with Crippen LogP contribution in [0.4, 0.5) is 8.78 Å². The van der Waals surface area contributed by atoms with Crippen LogP contribution in [0.1, 0.15) is 46.6 Å². The summed E-state index contributed by atoms with van der Waals surface area (Å²) in [6, 6.07) is 14.0. The first-order chi connectivity index (χ1) is 20.7. The van der Waals surface area contributed by atoms with Gasteiger partial charge in [0.1, 0.15) is 28.9 Å². The number of nitrogens with one attached hydrogen (secondary N) is 1. The second-order valence-electron chi connectivity index (χ2n) is 9.80. The molecule has 0 radical (unpaired) electrons. The van der Waals surface area contributed by atoms with Gasteiger partial charge in [-0.15, -0.1) is 11.3 Å². The van der Waals surface area contributed by atoms with E-state index in [1.807, 2.05) is 26.2 Å². The summed E-state index contributed by atoms with van der Waals surface area (Å²) >= 11 is 1.30. The Morgan fingerprint density at radius 3 is 2.40 bits per heavy atom. The first kappa shape index (κ1) is 31.9. The summed E-state index contributed by atoms with van der Waals surface area (Å²) in [7, 11) is 0. The van der Waals surface area contributed by atoms with Crippen LogP contribution in [0.15, 0.2) is 66.2 Å². The number of pyridine rings is 1. The van der Waals surface area contributed by atoms with E-state index >= 15 is 0 Å². The highest BCUT2D eigenvalue weighted by molar-refractivity contribution is 7.12. The fourth-order valence-electron chi connectivity index (χ4n) is 4.40. The highest BCUT2D eigenvalue weighted by atomic mass is 32.1. The number of Topliss-reactive ketones (excluding diaryl/α,β-unsaturated/α-hetero) is 1. The number of carbonyl (C=O) groups excluding carboxylic acids is 2. The Bertz CT molecular complexity index is 1550. The minimum atomic E-state index is -0.591. The number of hydrogen-bond acceptors (Lipinski definition) is 7. The molecule has 7 nitrogen and oxygen atoms in total. The molecule has 0 aliphatic heterocycles. The molecule has 0 fully saturated rings. The fourth-order valence-corrected chi connectivity index (χ4v) is 5.21. The summed E-state index contributed by atoms with van der Waals surface area (Å²) in [5.41, 5.74) is 2.68. The topological polar surface area (TPSA) is 86.8 Å². The summed E-state index contributed by atoms with van der Waals surface area (Å²) in [5, 5.41) is 4.72. The van der Waals surface area contributed by atoms with Crippen LogP contribution in [0.2, 0.25) is 0 Å². The van der Waals surface area contributed by atoms with E-state index in [1.54, 1.807) is 42.6 Å². The highest BCUT2D eigenvalue weighted by Crippen LogP contribution is 2.29. The minimum Gasteiger partial charge on any atom is -0.457 e. The normalized spacial score (nSPS) is 11.1. The van der Waals surface area contributed by atoms with E-state index in [0.29, 0.717) is 48.1 Å². The molecule has 0 bridgehead atoms. The van der Waals surface area contributed by atoms with Crippen LogP contribution in [0.25, 0.3) is 11.3 Å². The smallest absolute Gasteiger partial charge is 0.261 e. The summed E-state index contributed by atoms with van der Waals surface area (Å²) in [6.07, 6.45) is 1.48. The SMILES string of the molecule is CCOC(CCNC(=O)c1cc(-c2cc(Oc3ccc(CC(=O)Cc4cc(C)ccc4F)c(F)c3)ccn2)cs1)OCC. The number of benzene rings is 2. The van der Waals surface area contributed by atoms with Gasteiger partial charge in [0.15, 0.2) is 6.29 Å². The average molecular weight is 609 g/mol. The molecule has 0 saturated carbocycles. The Kier molecular flexibility index (Phi) is 11.5. The van der Waals surface area contributed by atoms with Crippen LogP contribution in [0.3, 0.4) is 0 Å². The maximum atomic E-state index is 14.9. The van der Waals surface area contributed by atoms with E-state index in [9.17, 15) is 18.4 Å². The minimum absolute atomic E-state index is 0.112. The molecule has 226 valence electrons. The summed E-state index contributed by atoms with van der Waals surface area (Å²) < 4.78 is 45.7. The average Bonchev–Trinajstić information content (AvgIpc) is 3.48. The second-order valence-corrected chi connectivity index (χ2v) is 10.7. The Labute approximate surface area is 253 Å². The zero-order valence-electron chi connectivity index (χ0n) is 24.3. The lowest BCUT2D eigenvalue weighted by Gasteiger charge is -2.16. The molecule has 2 aromatic heterocycles. The van der Waals surface area contributed by atoms with Crippen LogP contribution in [-0.2, 0) is 27.1 Å². The monoisotopic (exact) mass is 608 g/mol. The molecule has 0 aliphatic carbocycles. The molecule has 43 heavy (non-hydrogen) atoms. The molecule has 2 aromatic carbocycles. The number of thiophene rings is 1. The standard InChI is InChI=1S/C33H34F2N2O5S/c1-4-40-32(41-5-2)11-13-37-33(39)31-17-24(20-43-31)30-19-27(10-12-36-30)42-26-8-7-22(29(35)18-26)15-25(38)16-23-14-21(3)6-9-28(23)34/h6-10,12,14,17-20,32H,4-5,11,13,15-16H2,1-3H3,(H,37,39). The van der Waals surface area contributed by atoms with Crippen molar-refractivity contribution in [1.29, 1.82) is 0 Å². The van der Waals surface area contributed by atoms with Gasteiger partial charge in [-0.2, -0.15) is 0 Å². The van der Waals surface area contributed by atoms with E-state index < -0.39 is 11.6 Å². The maximum absolute atomic E-state index is 14.9. The number of aryl methyl sites for hydroxylation is 1. The first-order valence-electron chi connectivity index (χ1n) is 14.0. The van der Waals surface area contributed by atoms with Gasteiger partial charge < -0.3 is 19.5 Å². The molecule has 0 aliphatic rings. The number of halogens is 2. The molecule has 1 amide bonds. The number of nitrogens with zero attached hydrogens (tertiary/aromatic N) is 1. The van der Waals surface area contributed by atoms with Crippen LogP contribution < -0.4 is 10.1 Å². The molecule has 0 unspecified atom stereocenters. The van der Waals surface area contributed by atoms with Crippen molar-refractivity contribution in [3.05, 3.63) is 99.4 Å². The highest BCUT2D eigenvalue weighted by Gasteiger charge is 2.15. The van der Waals surface area contributed by atoms with Crippen molar-refractivity contribution in [2.24, 2.45) is 0 Å². The van der Waals surface area contributed by atoms with E-state index in [-0.39, 0.29) is 42.1 Å². The Morgan fingerprint density at radius 1 is 0.907 bits per heavy atom. The summed E-state index contributed by atoms with van der Waals surface area (Å²) in [6.45, 7) is 7.07. The van der Waals surface area contributed by atoms with E-state index in [0.717, 1.165) is 11.1 Å². The number of hydrogen-bond donors (Lipinski definition) is 1. The van der Waals surface area contributed by atoms with Crippen LogP contribution in [0, 0.1) is 18.6 Å². The number of carbonyl (C=O) groups is 2. The van der Waals surface area contributed by atoms with Crippen LogP contribution in [-0.4, -0.2) is 42.7 Å². The Balaban J connectivity index is 1.35. The predicted molar refractivity (Wildman–Crippen MR) is 162 cm³/mol. The molecule has 1 N–H and O–H groups in total. The summed E-state index contributed by atoms with van der Waals surface area (Å²) in [5.74, 6) is -0.858. The summed E-state index contributed by atoms with van der Waals surface area (Å²) in [4.78, 5) is 30.1. The van der Waals surface area contributed by atoms with Crippen molar-refractivity contribution >= 4 is 23.0 Å². The number of aromatic nitrogens is 1.